The van der Waals surface area contributed by atoms with E-state index in [0.29, 0.717) is 12.7 Å². The molecule has 15 heavy (non-hydrogen) atoms. The van der Waals surface area contributed by atoms with E-state index in [2.05, 4.69) is 12.2 Å². The molecule has 1 aliphatic carbocycles. The normalized spacial score (nSPS) is 18.3. The summed E-state index contributed by atoms with van der Waals surface area (Å²) < 4.78 is 10.3. The molecule has 0 bridgehead atoms. The maximum Gasteiger partial charge on any atom is 0.325 e. The second kappa shape index (κ2) is 6.80. The van der Waals surface area contributed by atoms with Gasteiger partial charge in [0.1, 0.15) is 6.04 Å². The molecule has 1 fully saturated rings. The van der Waals surface area contributed by atoms with Crippen LogP contribution < -0.4 is 5.32 Å². The minimum absolute atomic E-state index is 0.234. The Kier molecular flexibility index (Phi) is 5.65. The lowest BCUT2D eigenvalue weighted by atomic mass is 9.96. The zero-order valence-corrected chi connectivity index (χ0v) is 9.62. The molecule has 0 amide bonds. The smallest absolute Gasteiger partial charge is 0.325 e. The van der Waals surface area contributed by atoms with Crippen molar-refractivity contribution in [2.75, 3.05) is 20.3 Å². The lowest BCUT2D eigenvalue weighted by Crippen LogP contribution is -2.43. The number of hydrogen-bond acceptors (Lipinski definition) is 4. The zero-order chi connectivity index (χ0) is 11.1. The van der Waals surface area contributed by atoms with E-state index in [4.69, 9.17) is 9.47 Å². The van der Waals surface area contributed by atoms with Crippen LogP contribution in [0, 0.1) is 0 Å². The first-order chi connectivity index (χ1) is 7.27. The molecule has 0 aromatic heterocycles. The molecule has 1 unspecified atom stereocenters. The summed E-state index contributed by atoms with van der Waals surface area (Å²) in [4.78, 5) is 11.4. The summed E-state index contributed by atoms with van der Waals surface area (Å²) in [7, 11) is 1.41. The Bertz CT molecular complexity index is 192. The fourth-order valence-corrected chi connectivity index (χ4v) is 1.44. The highest BCUT2D eigenvalue weighted by Gasteiger charge is 2.23. The number of ether oxygens (including phenoxy) is 2. The number of hydrogen-bond donors (Lipinski definition) is 1. The second-order valence-electron chi connectivity index (χ2n) is 3.92. The summed E-state index contributed by atoms with van der Waals surface area (Å²) in [5.41, 5.74) is 0. The van der Waals surface area contributed by atoms with Crippen molar-refractivity contribution in [3.05, 3.63) is 0 Å². The van der Waals surface area contributed by atoms with Gasteiger partial charge in [0.2, 0.25) is 0 Å². The van der Waals surface area contributed by atoms with Crippen LogP contribution in [0.15, 0.2) is 0 Å². The van der Waals surface area contributed by atoms with Gasteiger partial charge in [0.25, 0.3) is 0 Å². The molecule has 4 nitrogen and oxygen atoms in total. The molecule has 0 saturated heterocycles. The van der Waals surface area contributed by atoms with Gasteiger partial charge in [-0.2, -0.15) is 0 Å². The van der Waals surface area contributed by atoms with Crippen LogP contribution in [0.25, 0.3) is 0 Å². The SMILES string of the molecule is CCCNC(COC1CCC1)C(=O)OC. The summed E-state index contributed by atoms with van der Waals surface area (Å²) in [6.45, 7) is 3.30. The Morgan fingerprint density at radius 3 is 2.73 bits per heavy atom. The third kappa shape index (κ3) is 4.18. The highest BCUT2D eigenvalue weighted by atomic mass is 16.5. The molecule has 0 aromatic carbocycles. The van der Waals surface area contributed by atoms with E-state index in [1.165, 1.54) is 13.5 Å². The number of methoxy groups -OCH3 is 1. The lowest BCUT2D eigenvalue weighted by Gasteiger charge is -2.27. The summed E-state index contributed by atoms with van der Waals surface area (Å²) in [6, 6.07) is -0.310. The van der Waals surface area contributed by atoms with E-state index in [9.17, 15) is 4.79 Å². The van der Waals surface area contributed by atoms with Crippen LogP contribution in [-0.2, 0) is 14.3 Å². The van der Waals surface area contributed by atoms with E-state index in [1.54, 1.807) is 0 Å². The van der Waals surface area contributed by atoms with Crippen LogP contribution in [-0.4, -0.2) is 38.4 Å². The van der Waals surface area contributed by atoms with E-state index in [-0.39, 0.29) is 12.0 Å². The van der Waals surface area contributed by atoms with Crippen molar-refractivity contribution in [2.45, 2.75) is 44.8 Å². The Balaban J connectivity index is 2.23. The summed E-state index contributed by atoms with van der Waals surface area (Å²) >= 11 is 0. The van der Waals surface area contributed by atoms with Crippen LogP contribution >= 0.6 is 0 Å². The van der Waals surface area contributed by atoms with Crippen LogP contribution in [0.3, 0.4) is 0 Å². The molecule has 4 heteroatoms. The quantitative estimate of drug-likeness (QED) is 0.646. The van der Waals surface area contributed by atoms with Gasteiger partial charge in [0.05, 0.1) is 19.8 Å². The average Bonchev–Trinajstić information content (AvgIpc) is 2.19. The molecular formula is C11H21NO3. The molecule has 1 atom stereocenters. The van der Waals surface area contributed by atoms with Gasteiger partial charge in [-0.3, -0.25) is 4.79 Å². The Labute approximate surface area is 91.3 Å². The fraction of sp³-hybridized carbons (Fsp3) is 0.909. The number of carbonyl (C=O) groups is 1. The van der Waals surface area contributed by atoms with Gasteiger partial charge in [-0.1, -0.05) is 6.92 Å². The van der Waals surface area contributed by atoms with E-state index in [0.717, 1.165) is 25.8 Å². The summed E-state index contributed by atoms with van der Waals surface area (Å²) in [5, 5.41) is 3.12. The molecule has 0 aromatic rings. The third-order valence-electron chi connectivity index (χ3n) is 2.68. The maximum absolute atomic E-state index is 11.4. The van der Waals surface area contributed by atoms with Crippen molar-refractivity contribution in [3.63, 3.8) is 0 Å². The van der Waals surface area contributed by atoms with Crippen molar-refractivity contribution in [1.29, 1.82) is 0 Å². The fourth-order valence-electron chi connectivity index (χ4n) is 1.44. The third-order valence-corrected chi connectivity index (χ3v) is 2.68. The highest BCUT2D eigenvalue weighted by molar-refractivity contribution is 5.75. The minimum atomic E-state index is -0.310. The summed E-state index contributed by atoms with van der Waals surface area (Å²) in [5.74, 6) is -0.234. The van der Waals surface area contributed by atoms with E-state index >= 15 is 0 Å². The van der Waals surface area contributed by atoms with Crippen LogP contribution in [0.1, 0.15) is 32.6 Å². The van der Waals surface area contributed by atoms with Gasteiger partial charge in [0, 0.05) is 0 Å². The second-order valence-corrected chi connectivity index (χ2v) is 3.92. The van der Waals surface area contributed by atoms with Crippen LogP contribution in [0.2, 0.25) is 0 Å². The molecule has 1 N–H and O–H groups in total. The largest absolute Gasteiger partial charge is 0.468 e. The van der Waals surface area contributed by atoms with Crippen molar-refractivity contribution in [3.8, 4) is 0 Å². The molecule has 0 heterocycles. The predicted molar refractivity (Wildman–Crippen MR) is 57.7 cm³/mol. The van der Waals surface area contributed by atoms with Gasteiger partial charge in [-0.15, -0.1) is 0 Å². The molecule has 88 valence electrons. The monoisotopic (exact) mass is 215 g/mol. The Morgan fingerprint density at radius 1 is 1.53 bits per heavy atom. The van der Waals surface area contributed by atoms with E-state index < -0.39 is 0 Å². The number of esters is 1. The topological polar surface area (TPSA) is 47.6 Å². The first kappa shape index (κ1) is 12.5. The standard InChI is InChI=1S/C11H21NO3/c1-3-7-12-10(11(13)14-2)8-15-9-5-4-6-9/h9-10,12H,3-8H2,1-2H3. The number of rotatable bonds is 7. The molecule has 0 aliphatic heterocycles. The lowest BCUT2D eigenvalue weighted by molar-refractivity contribution is -0.146. The van der Waals surface area contributed by atoms with Crippen molar-refractivity contribution < 1.29 is 14.3 Å². The molecule has 1 rings (SSSR count). The van der Waals surface area contributed by atoms with Crippen LogP contribution in [0.4, 0.5) is 0 Å². The first-order valence-electron chi connectivity index (χ1n) is 5.70. The maximum atomic E-state index is 11.4. The molecule has 1 saturated carbocycles. The molecule has 0 spiro atoms. The summed E-state index contributed by atoms with van der Waals surface area (Å²) in [6.07, 6.45) is 4.86. The van der Waals surface area contributed by atoms with Gasteiger partial charge >= 0.3 is 5.97 Å². The molecule has 0 radical (unpaired) electrons. The molecule has 1 aliphatic rings. The Hall–Kier alpha value is -0.610. The Morgan fingerprint density at radius 2 is 2.27 bits per heavy atom. The van der Waals surface area contributed by atoms with Crippen molar-refractivity contribution in [2.24, 2.45) is 0 Å². The van der Waals surface area contributed by atoms with Gasteiger partial charge in [-0.05, 0) is 32.2 Å². The average molecular weight is 215 g/mol. The zero-order valence-electron chi connectivity index (χ0n) is 9.62. The van der Waals surface area contributed by atoms with Crippen molar-refractivity contribution >= 4 is 5.97 Å². The number of nitrogens with one attached hydrogen (secondary N) is 1. The number of carbonyl (C=O) groups excluding carboxylic acids is 1. The van der Waals surface area contributed by atoms with Crippen LogP contribution in [0.5, 0.6) is 0 Å². The van der Waals surface area contributed by atoms with E-state index in [1.807, 2.05) is 0 Å². The van der Waals surface area contributed by atoms with Gasteiger partial charge in [0.15, 0.2) is 0 Å². The molecular weight excluding hydrogens is 194 g/mol. The van der Waals surface area contributed by atoms with Gasteiger partial charge in [-0.25, -0.2) is 0 Å². The van der Waals surface area contributed by atoms with Gasteiger partial charge < -0.3 is 14.8 Å². The minimum Gasteiger partial charge on any atom is -0.468 e. The highest BCUT2D eigenvalue weighted by Crippen LogP contribution is 2.21. The first-order valence-corrected chi connectivity index (χ1v) is 5.70. The predicted octanol–water partition coefficient (Wildman–Crippen LogP) is 1.10. The van der Waals surface area contributed by atoms with Crippen molar-refractivity contribution in [1.82, 2.24) is 5.32 Å².